The largest absolute Gasteiger partial charge is 0.493 e. The topological polar surface area (TPSA) is 48.9 Å². The van der Waals surface area contributed by atoms with Crippen LogP contribution < -0.4 is 9.64 Å². The number of pyridine rings is 1. The van der Waals surface area contributed by atoms with Gasteiger partial charge in [0.25, 0.3) is 0 Å². The van der Waals surface area contributed by atoms with E-state index in [2.05, 4.69) is 14.8 Å². The van der Waals surface area contributed by atoms with Crippen LogP contribution in [0.1, 0.15) is 19.3 Å². The van der Waals surface area contributed by atoms with Crippen LogP contribution in [0.25, 0.3) is 0 Å². The van der Waals surface area contributed by atoms with Crippen molar-refractivity contribution in [3.63, 3.8) is 0 Å². The van der Waals surface area contributed by atoms with E-state index in [4.69, 9.17) is 4.74 Å². The van der Waals surface area contributed by atoms with Crippen LogP contribution in [0.2, 0.25) is 0 Å². The van der Waals surface area contributed by atoms with Gasteiger partial charge in [0, 0.05) is 57.8 Å². The van der Waals surface area contributed by atoms with Crippen molar-refractivity contribution in [1.29, 1.82) is 0 Å². The quantitative estimate of drug-likeness (QED) is 0.705. The number of piperidine rings is 1. The maximum absolute atomic E-state index is 12.7. The predicted molar refractivity (Wildman–Crippen MR) is 119 cm³/mol. The van der Waals surface area contributed by atoms with Crippen molar-refractivity contribution >= 4 is 11.7 Å². The van der Waals surface area contributed by atoms with Gasteiger partial charge in [-0.1, -0.05) is 24.3 Å². The normalized spacial score (nSPS) is 20.2. The summed E-state index contributed by atoms with van der Waals surface area (Å²) in [4.78, 5) is 23.8. The minimum absolute atomic E-state index is 0.276. The fourth-order valence-corrected chi connectivity index (χ4v) is 4.36. The number of anilines is 1. The Hall–Kier alpha value is -2.60. The van der Waals surface area contributed by atoms with Gasteiger partial charge in [0.1, 0.15) is 11.6 Å². The molecule has 1 amide bonds. The SMILES string of the molecule is O=C(CCN1CCCC(COc2ccccc2)C1)N1CCN(c2ccccn2)CC1. The minimum atomic E-state index is 0.276. The second kappa shape index (κ2) is 10.4. The second-order valence-electron chi connectivity index (χ2n) is 8.24. The molecule has 30 heavy (non-hydrogen) atoms. The Morgan fingerprint density at radius 1 is 1.00 bits per heavy atom. The van der Waals surface area contributed by atoms with Gasteiger partial charge in [-0.05, 0) is 43.7 Å². The number of hydrogen-bond donors (Lipinski definition) is 0. The highest BCUT2D eigenvalue weighted by atomic mass is 16.5. The highest BCUT2D eigenvalue weighted by Gasteiger charge is 2.24. The smallest absolute Gasteiger partial charge is 0.223 e. The summed E-state index contributed by atoms with van der Waals surface area (Å²) in [6.07, 6.45) is 4.81. The number of carbonyl (C=O) groups is 1. The number of aromatic nitrogens is 1. The van der Waals surface area contributed by atoms with Crippen LogP contribution in [0.5, 0.6) is 5.75 Å². The maximum Gasteiger partial charge on any atom is 0.223 e. The molecular formula is C24H32N4O2. The molecule has 2 aliphatic heterocycles. The lowest BCUT2D eigenvalue weighted by Crippen LogP contribution is -2.49. The summed E-state index contributed by atoms with van der Waals surface area (Å²) < 4.78 is 5.95. The standard InChI is InChI=1S/C24H32N4O2/c29-24(28-17-15-27(16-18-28)23-10-4-5-12-25-23)11-14-26-13-6-7-21(19-26)20-30-22-8-2-1-3-9-22/h1-5,8-10,12,21H,6-7,11,13-20H2. The van der Waals surface area contributed by atoms with Gasteiger partial charge < -0.3 is 19.4 Å². The van der Waals surface area contributed by atoms with Crippen LogP contribution in [-0.2, 0) is 4.79 Å². The lowest BCUT2D eigenvalue weighted by atomic mass is 9.99. The zero-order chi connectivity index (χ0) is 20.6. The number of carbonyl (C=O) groups excluding carboxylic acids is 1. The molecule has 1 atom stereocenters. The first kappa shape index (κ1) is 20.7. The van der Waals surface area contributed by atoms with Crippen LogP contribution in [0.4, 0.5) is 5.82 Å². The molecule has 4 rings (SSSR count). The third-order valence-corrected chi connectivity index (χ3v) is 6.08. The number of nitrogens with zero attached hydrogens (tertiary/aromatic N) is 4. The lowest BCUT2D eigenvalue weighted by Gasteiger charge is -2.36. The molecule has 3 heterocycles. The van der Waals surface area contributed by atoms with E-state index in [0.29, 0.717) is 12.3 Å². The Morgan fingerprint density at radius 3 is 2.57 bits per heavy atom. The molecule has 2 fully saturated rings. The molecule has 2 saturated heterocycles. The summed E-state index contributed by atoms with van der Waals surface area (Å²) in [5, 5.41) is 0. The van der Waals surface area contributed by atoms with Gasteiger partial charge >= 0.3 is 0 Å². The maximum atomic E-state index is 12.7. The van der Waals surface area contributed by atoms with E-state index in [9.17, 15) is 4.79 Å². The summed E-state index contributed by atoms with van der Waals surface area (Å²) >= 11 is 0. The molecule has 1 aromatic heterocycles. The third kappa shape index (κ3) is 5.72. The molecule has 1 unspecified atom stereocenters. The third-order valence-electron chi connectivity index (χ3n) is 6.08. The van der Waals surface area contributed by atoms with Crippen LogP contribution in [-0.4, -0.2) is 73.1 Å². The van der Waals surface area contributed by atoms with E-state index in [0.717, 1.165) is 64.0 Å². The first-order valence-corrected chi connectivity index (χ1v) is 11.1. The molecule has 0 saturated carbocycles. The Balaban J connectivity index is 1.17. The van der Waals surface area contributed by atoms with Gasteiger partial charge in [0.15, 0.2) is 0 Å². The highest BCUT2D eigenvalue weighted by molar-refractivity contribution is 5.76. The van der Waals surface area contributed by atoms with Crippen molar-refractivity contribution in [2.24, 2.45) is 5.92 Å². The van der Waals surface area contributed by atoms with Crippen molar-refractivity contribution in [2.45, 2.75) is 19.3 Å². The van der Waals surface area contributed by atoms with Crippen molar-refractivity contribution < 1.29 is 9.53 Å². The van der Waals surface area contributed by atoms with Gasteiger partial charge in [0.05, 0.1) is 6.61 Å². The molecule has 0 radical (unpaired) electrons. The molecule has 1 aromatic carbocycles. The summed E-state index contributed by atoms with van der Waals surface area (Å²) in [6, 6.07) is 16.0. The van der Waals surface area contributed by atoms with Gasteiger partial charge in [0.2, 0.25) is 5.91 Å². The molecule has 2 aromatic rings. The lowest BCUT2D eigenvalue weighted by molar-refractivity contribution is -0.131. The zero-order valence-corrected chi connectivity index (χ0v) is 17.7. The highest BCUT2D eigenvalue weighted by Crippen LogP contribution is 2.19. The molecule has 2 aliphatic rings. The Morgan fingerprint density at radius 2 is 1.80 bits per heavy atom. The van der Waals surface area contributed by atoms with Crippen LogP contribution >= 0.6 is 0 Å². The number of rotatable bonds is 7. The molecule has 0 bridgehead atoms. The number of ether oxygens (including phenoxy) is 1. The van der Waals surface area contributed by atoms with E-state index in [1.165, 1.54) is 12.8 Å². The number of para-hydroxylation sites is 1. The summed E-state index contributed by atoms with van der Waals surface area (Å²) in [5.74, 6) is 2.76. The Kier molecular flexibility index (Phi) is 7.19. The summed E-state index contributed by atoms with van der Waals surface area (Å²) in [7, 11) is 0. The fraction of sp³-hybridized carbons (Fsp3) is 0.500. The molecule has 0 N–H and O–H groups in total. The van der Waals surface area contributed by atoms with Gasteiger partial charge in [-0.2, -0.15) is 0 Å². The van der Waals surface area contributed by atoms with Crippen LogP contribution in [0.15, 0.2) is 54.7 Å². The molecule has 0 spiro atoms. The number of hydrogen-bond acceptors (Lipinski definition) is 5. The zero-order valence-electron chi connectivity index (χ0n) is 17.7. The number of likely N-dealkylation sites (tertiary alicyclic amines) is 1. The van der Waals surface area contributed by atoms with Crippen LogP contribution in [0.3, 0.4) is 0 Å². The van der Waals surface area contributed by atoms with Crippen molar-refractivity contribution in [3.05, 3.63) is 54.7 Å². The summed E-state index contributed by atoms with van der Waals surface area (Å²) in [5.41, 5.74) is 0. The molecule has 0 aliphatic carbocycles. The van der Waals surface area contributed by atoms with Crippen molar-refractivity contribution in [2.75, 3.05) is 57.3 Å². The van der Waals surface area contributed by atoms with E-state index in [1.54, 1.807) is 0 Å². The van der Waals surface area contributed by atoms with Gasteiger partial charge in [-0.25, -0.2) is 4.98 Å². The average molecular weight is 409 g/mol. The fourth-order valence-electron chi connectivity index (χ4n) is 4.36. The monoisotopic (exact) mass is 408 g/mol. The van der Waals surface area contributed by atoms with E-state index in [1.807, 2.05) is 59.6 Å². The summed E-state index contributed by atoms with van der Waals surface area (Å²) in [6.45, 7) is 6.98. The second-order valence-corrected chi connectivity index (χ2v) is 8.24. The van der Waals surface area contributed by atoms with E-state index >= 15 is 0 Å². The van der Waals surface area contributed by atoms with Crippen LogP contribution in [0, 0.1) is 5.92 Å². The number of piperazine rings is 1. The predicted octanol–water partition coefficient (Wildman–Crippen LogP) is 2.91. The first-order valence-electron chi connectivity index (χ1n) is 11.1. The minimum Gasteiger partial charge on any atom is -0.493 e. The first-order chi connectivity index (χ1) is 14.8. The van der Waals surface area contributed by atoms with Gasteiger partial charge in [-0.15, -0.1) is 0 Å². The van der Waals surface area contributed by atoms with Gasteiger partial charge in [-0.3, -0.25) is 4.79 Å². The number of benzene rings is 1. The molecule has 6 heteroatoms. The van der Waals surface area contributed by atoms with E-state index in [-0.39, 0.29) is 5.91 Å². The van der Waals surface area contributed by atoms with E-state index < -0.39 is 0 Å². The molecule has 6 nitrogen and oxygen atoms in total. The van der Waals surface area contributed by atoms with Crippen molar-refractivity contribution in [3.8, 4) is 5.75 Å². The molecular weight excluding hydrogens is 376 g/mol. The number of amides is 1. The molecule has 160 valence electrons. The Labute approximate surface area is 179 Å². The Bertz CT molecular complexity index is 778. The average Bonchev–Trinajstić information content (AvgIpc) is 2.83. The van der Waals surface area contributed by atoms with Crippen molar-refractivity contribution in [1.82, 2.24) is 14.8 Å².